The highest BCUT2D eigenvalue weighted by Crippen LogP contribution is 2.15. The summed E-state index contributed by atoms with van der Waals surface area (Å²) in [6.45, 7) is 2.44. The van der Waals surface area contributed by atoms with E-state index in [2.05, 4.69) is 10.3 Å². The molecule has 0 aliphatic carbocycles. The molecule has 3 N–H and O–H groups in total. The summed E-state index contributed by atoms with van der Waals surface area (Å²) in [5, 5.41) is 2.73. The minimum Gasteiger partial charge on any atom is -0.478 e. The molecule has 1 unspecified atom stereocenters. The van der Waals surface area contributed by atoms with Crippen LogP contribution in [0.1, 0.15) is 18.5 Å². The number of benzene rings is 1. The van der Waals surface area contributed by atoms with E-state index in [-0.39, 0.29) is 5.91 Å². The maximum atomic E-state index is 12.0. The van der Waals surface area contributed by atoms with Crippen molar-refractivity contribution in [1.82, 2.24) is 4.98 Å². The Kier molecular flexibility index (Phi) is 4.68. The number of carbonyl (C=O) groups excluding carboxylic acids is 1. The molecule has 5 nitrogen and oxygen atoms in total. The van der Waals surface area contributed by atoms with Crippen LogP contribution in [0.5, 0.6) is 5.88 Å². The van der Waals surface area contributed by atoms with Gasteiger partial charge in [0.2, 0.25) is 11.8 Å². The van der Waals surface area contributed by atoms with E-state index in [9.17, 15) is 4.79 Å². The zero-order valence-corrected chi connectivity index (χ0v) is 11.2. The minimum absolute atomic E-state index is 0.276. The van der Waals surface area contributed by atoms with Crippen LogP contribution in [-0.2, 0) is 4.79 Å². The molecule has 0 spiro atoms. The highest BCUT2D eigenvalue weighted by molar-refractivity contribution is 5.95. The van der Waals surface area contributed by atoms with E-state index in [1.807, 2.05) is 37.3 Å². The lowest BCUT2D eigenvalue weighted by Crippen LogP contribution is -2.27. The van der Waals surface area contributed by atoms with Crippen molar-refractivity contribution in [3.63, 3.8) is 0 Å². The Morgan fingerprint density at radius 1 is 1.30 bits per heavy atom. The number of anilines is 1. The van der Waals surface area contributed by atoms with Gasteiger partial charge in [0.05, 0.1) is 18.5 Å². The number of ether oxygens (including phenoxy) is 1. The molecule has 1 heterocycles. The Balaban J connectivity index is 2.00. The maximum Gasteiger partial charge on any atom is 0.245 e. The molecule has 0 aliphatic rings. The SMILES string of the molecule is CCOc1ccc(NC(=O)C(N)c2ccccc2)cn1. The van der Waals surface area contributed by atoms with Gasteiger partial charge in [-0.3, -0.25) is 4.79 Å². The van der Waals surface area contributed by atoms with Crippen LogP contribution in [-0.4, -0.2) is 17.5 Å². The Morgan fingerprint density at radius 2 is 2.05 bits per heavy atom. The van der Waals surface area contributed by atoms with Gasteiger partial charge in [-0.1, -0.05) is 30.3 Å². The molecule has 104 valence electrons. The van der Waals surface area contributed by atoms with E-state index in [0.29, 0.717) is 18.2 Å². The molecule has 2 aromatic rings. The van der Waals surface area contributed by atoms with Gasteiger partial charge in [-0.05, 0) is 18.6 Å². The average Bonchev–Trinajstić information content (AvgIpc) is 2.49. The normalized spacial score (nSPS) is 11.7. The Morgan fingerprint density at radius 3 is 2.65 bits per heavy atom. The van der Waals surface area contributed by atoms with Gasteiger partial charge in [0, 0.05) is 6.07 Å². The van der Waals surface area contributed by atoms with Crippen molar-refractivity contribution in [2.75, 3.05) is 11.9 Å². The molecular weight excluding hydrogens is 254 g/mol. The zero-order valence-electron chi connectivity index (χ0n) is 11.2. The van der Waals surface area contributed by atoms with Crippen LogP contribution < -0.4 is 15.8 Å². The summed E-state index contributed by atoms with van der Waals surface area (Å²) in [4.78, 5) is 16.1. The zero-order chi connectivity index (χ0) is 14.4. The van der Waals surface area contributed by atoms with Crippen LogP contribution in [0.4, 0.5) is 5.69 Å². The Labute approximate surface area is 117 Å². The highest BCUT2D eigenvalue weighted by Gasteiger charge is 2.15. The molecular formula is C15H17N3O2. The monoisotopic (exact) mass is 271 g/mol. The summed E-state index contributed by atoms with van der Waals surface area (Å²) in [6.07, 6.45) is 1.54. The lowest BCUT2D eigenvalue weighted by Gasteiger charge is -2.12. The van der Waals surface area contributed by atoms with Gasteiger partial charge in [0.1, 0.15) is 6.04 Å². The quantitative estimate of drug-likeness (QED) is 0.873. The van der Waals surface area contributed by atoms with Gasteiger partial charge >= 0.3 is 0 Å². The smallest absolute Gasteiger partial charge is 0.245 e. The molecule has 0 bridgehead atoms. The highest BCUT2D eigenvalue weighted by atomic mass is 16.5. The molecule has 1 atom stereocenters. The van der Waals surface area contributed by atoms with Crippen molar-refractivity contribution in [2.24, 2.45) is 5.73 Å². The standard InChI is InChI=1S/C15H17N3O2/c1-2-20-13-9-8-12(10-17-13)18-15(19)14(16)11-6-4-3-5-7-11/h3-10,14H,2,16H2,1H3,(H,18,19). The number of amides is 1. The molecule has 0 fully saturated rings. The fraction of sp³-hybridized carbons (Fsp3) is 0.200. The van der Waals surface area contributed by atoms with Crippen LogP contribution in [0.3, 0.4) is 0 Å². The van der Waals surface area contributed by atoms with Gasteiger partial charge in [-0.15, -0.1) is 0 Å². The number of pyridine rings is 1. The van der Waals surface area contributed by atoms with Gasteiger partial charge < -0.3 is 15.8 Å². The first-order valence-electron chi connectivity index (χ1n) is 6.41. The largest absolute Gasteiger partial charge is 0.478 e. The molecule has 0 saturated carbocycles. The van der Waals surface area contributed by atoms with Gasteiger partial charge in [-0.25, -0.2) is 4.98 Å². The molecule has 20 heavy (non-hydrogen) atoms. The molecule has 0 saturated heterocycles. The fourth-order valence-electron chi connectivity index (χ4n) is 1.72. The lowest BCUT2D eigenvalue weighted by atomic mass is 10.1. The third kappa shape index (κ3) is 3.55. The summed E-state index contributed by atoms with van der Waals surface area (Å²) < 4.78 is 5.23. The van der Waals surface area contributed by atoms with E-state index in [0.717, 1.165) is 5.56 Å². The molecule has 0 aliphatic heterocycles. The molecule has 2 rings (SSSR count). The molecule has 1 aromatic carbocycles. The van der Waals surface area contributed by atoms with E-state index < -0.39 is 6.04 Å². The number of nitrogens with one attached hydrogen (secondary N) is 1. The minimum atomic E-state index is -0.706. The van der Waals surface area contributed by atoms with E-state index in [1.54, 1.807) is 18.3 Å². The summed E-state index contributed by atoms with van der Waals surface area (Å²) >= 11 is 0. The van der Waals surface area contributed by atoms with Crippen molar-refractivity contribution in [2.45, 2.75) is 13.0 Å². The van der Waals surface area contributed by atoms with E-state index in [1.165, 1.54) is 0 Å². The summed E-state index contributed by atoms with van der Waals surface area (Å²) in [7, 11) is 0. The second-order valence-corrected chi connectivity index (χ2v) is 4.20. The van der Waals surface area contributed by atoms with Crippen LogP contribution in [0.15, 0.2) is 48.7 Å². The first-order chi connectivity index (χ1) is 9.70. The van der Waals surface area contributed by atoms with Gasteiger partial charge in [0.25, 0.3) is 0 Å². The van der Waals surface area contributed by atoms with Crippen LogP contribution >= 0.6 is 0 Å². The molecule has 5 heteroatoms. The fourth-order valence-corrected chi connectivity index (χ4v) is 1.72. The summed E-state index contributed by atoms with van der Waals surface area (Å²) in [5.74, 6) is 0.250. The number of hydrogen-bond donors (Lipinski definition) is 2. The molecule has 1 amide bonds. The number of carbonyl (C=O) groups is 1. The van der Waals surface area contributed by atoms with Crippen molar-refractivity contribution in [1.29, 1.82) is 0 Å². The Bertz CT molecular complexity index is 555. The van der Waals surface area contributed by atoms with Crippen LogP contribution in [0.2, 0.25) is 0 Å². The summed E-state index contributed by atoms with van der Waals surface area (Å²) in [5.41, 5.74) is 7.26. The Hall–Kier alpha value is -2.40. The van der Waals surface area contributed by atoms with E-state index >= 15 is 0 Å². The summed E-state index contributed by atoms with van der Waals surface area (Å²) in [6, 6.07) is 11.9. The first-order valence-corrected chi connectivity index (χ1v) is 6.41. The maximum absolute atomic E-state index is 12.0. The van der Waals surface area contributed by atoms with Crippen molar-refractivity contribution in [3.8, 4) is 5.88 Å². The van der Waals surface area contributed by atoms with Crippen molar-refractivity contribution < 1.29 is 9.53 Å². The average molecular weight is 271 g/mol. The number of rotatable bonds is 5. The number of hydrogen-bond acceptors (Lipinski definition) is 4. The van der Waals surface area contributed by atoms with Gasteiger partial charge in [-0.2, -0.15) is 0 Å². The topological polar surface area (TPSA) is 77.2 Å². The molecule has 0 radical (unpaired) electrons. The van der Waals surface area contributed by atoms with Crippen molar-refractivity contribution >= 4 is 11.6 Å². The second-order valence-electron chi connectivity index (χ2n) is 4.20. The van der Waals surface area contributed by atoms with Crippen LogP contribution in [0, 0.1) is 0 Å². The van der Waals surface area contributed by atoms with Gasteiger partial charge in [0.15, 0.2) is 0 Å². The molecule has 1 aromatic heterocycles. The third-order valence-electron chi connectivity index (χ3n) is 2.74. The number of aromatic nitrogens is 1. The van der Waals surface area contributed by atoms with Crippen LogP contribution in [0.25, 0.3) is 0 Å². The van der Waals surface area contributed by atoms with E-state index in [4.69, 9.17) is 10.5 Å². The number of nitrogens with zero attached hydrogens (tertiary/aromatic N) is 1. The lowest BCUT2D eigenvalue weighted by molar-refractivity contribution is -0.117. The predicted molar refractivity (Wildman–Crippen MR) is 77.4 cm³/mol. The second kappa shape index (κ2) is 6.68. The predicted octanol–water partition coefficient (Wildman–Crippen LogP) is 2.12. The van der Waals surface area contributed by atoms with Crippen molar-refractivity contribution in [3.05, 3.63) is 54.2 Å². The third-order valence-corrected chi connectivity index (χ3v) is 2.74. The first kappa shape index (κ1) is 14.0. The number of nitrogens with two attached hydrogens (primary N) is 1.